The van der Waals surface area contributed by atoms with E-state index < -0.39 is 6.04 Å². The molecule has 0 aliphatic heterocycles. The zero-order valence-corrected chi connectivity index (χ0v) is 19.9. The molecule has 0 aliphatic rings. The fourth-order valence-corrected chi connectivity index (χ4v) is 3.43. The Bertz CT molecular complexity index is 840. The monoisotopic (exact) mass is 460 g/mol. The number of ether oxygens (including phenoxy) is 2. The van der Waals surface area contributed by atoms with Gasteiger partial charge in [0.25, 0.3) is 0 Å². The lowest BCUT2D eigenvalue weighted by Gasteiger charge is -2.30. The summed E-state index contributed by atoms with van der Waals surface area (Å²) in [5, 5.41) is 3.57. The average molecular weight is 461 g/mol. The van der Waals surface area contributed by atoms with Gasteiger partial charge in [-0.2, -0.15) is 0 Å². The summed E-state index contributed by atoms with van der Waals surface area (Å²) in [5.41, 5.74) is 0.943. The molecule has 0 fully saturated rings. The van der Waals surface area contributed by atoms with Gasteiger partial charge >= 0.3 is 0 Å². The highest BCUT2D eigenvalue weighted by Gasteiger charge is 2.28. The van der Waals surface area contributed by atoms with Crippen LogP contribution in [0, 0.1) is 0 Å². The molecule has 2 amide bonds. The SMILES string of the molecule is CCCNC(=O)[C@@H](CC)N(Cc1ccc(OC)cc1)C(=O)CCCOc1ccc(Cl)cc1. The third-order valence-electron chi connectivity index (χ3n) is 5.06. The van der Waals surface area contributed by atoms with E-state index in [0.29, 0.717) is 49.7 Å². The van der Waals surface area contributed by atoms with Gasteiger partial charge < -0.3 is 19.7 Å². The number of halogens is 1. The Morgan fingerprint density at radius 2 is 1.69 bits per heavy atom. The number of hydrogen-bond acceptors (Lipinski definition) is 4. The van der Waals surface area contributed by atoms with Crippen LogP contribution in [0.1, 0.15) is 45.1 Å². The van der Waals surface area contributed by atoms with E-state index in [1.165, 1.54) is 0 Å². The summed E-state index contributed by atoms with van der Waals surface area (Å²) in [6, 6.07) is 14.1. The molecule has 2 aromatic rings. The van der Waals surface area contributed by atoms with E-state index in [-0.39, 0.29) is 11.8 Å². The molecule has 0 aliphatic carbocycles. The van der Waals surface area contributed by atoms with E-state index in [1.807, 2.05) is 38.1 Å². The topological polar surface area (TPSA) is 67.9 Å². The van der Waals surface area contributed by atoms with Crippen molar-refractivity contribution in [2.75, 3.05) is 20.3 Å². The number of hydrogen-bond donors (Lipinski definition) is 1. The van der Waals surface area contributed by atoms with Crippen molar-refractivity contribution in [2.24, 2.45) is 0 Å². The van der Waals surface area contributed by atoms with Crippen molar-refractivity contribution in [2.45, 2.75) is 52.1 Å². The smallest absolute Gasteiger partial charge is 0.242 e. The van der Waals surface area contributed by atoms with Gasteiger partial charge in [-0.25, -0.2) is 0 Å². The first-order valence-electron chi connectivity index (χ1n) is 11.1. The largest absolute Gasteiger partial charge is 0.497 e. The van der Waals surface area contributed by atoms with E-state index in [4.69, 9.17) is 21.1 Å². The molecule has 174 valence electrons. The summed E-state index contributed by atoms with van der Waals surface area (Å²) in [6.07, 6.45) is 2.23. The first-order valence-corrected chi connectivity index (χ1v) is 11.4. The third-order valence-corrected chi connectivity index (χ3v) is 5.32. The highest BCUT2D eigenvalue weighted by Crippen LogP contribution is 2.18. The second-order valence-corrected chi connectivity index (χ2v) is 7.93. The van der Waals surface area contributed by atoms with Crippen molar-refractivity contribution in [1.29, 1.82) is 0 Å². The molecule has 0 spiro atoms. The van der Waals surface area contributed by atoms with Gasteiger partial charge in [0.2, 0.25) is 11.8 Å². The Hall–Kier alpha value is -2.73. The zero-order valence-electron chi connectivity index (χ0n) is 19.1. The van der Waals surface area contributed by atoms with E-state index in [9.17, 15) is 9.59 Å². The molecule has 32 heavy (non-hydrogen) atoms. The predicted octanol–water partition coefficient (Wildman–Crippen LogP) is 4.84. The molecule has 0 heterocycles. The van der Waals surface area contributed by atoms with Crippen LogP contribution in [0.25, 0.3) is 0 Å². The van der Waals surface area contributed by atoms with Crippen molar-refractivity contribution in [3.8, 4) is 11.5 Å². The number of nitrogens with one attached hydrogen (secondary N) is 1. The molecule has 1 atom stereocenters. The lowest BCUT2D eigenvalue weighted by molar-refractivity contribution is -0.141. The summed E-state index contributed by atoms with van der Waals surface area (Å²) in [5.74, 6) is 1.27. The van der Waals surface area contributed by atoms with E-state index >= 15 is 0 Å². The number of benzene rings is 2. The lowest BCUT2D eigenvalue weighted by atomic mass is 10.1. The van der Waals surface area contributed by atoms with Crippen LogP contribution in [0.3, 0.4) is 0 Å². The van der Waals surface area contributed by atoms with Crippen LogP contribution >= 0.6 is 11.6 Å². The number of carbonyl (C=O) groups is 2. The average Bonchev–Trinajstić information content (AvgIpc) is 2.81. The van der Waals surface area contributed by atoms with E-state index in [0.717, 1.165) is 17.7 Å². The highest BCUT2D eigenvalue weighted by molar-refractivity contribution is 6.30. The Kier molecular flexibility index (Phi) is 10.9. The van der Waals surface area contributed by atoms with Gasteiger partial charge in [0.1, 0.15) is 17.5 Å². The molecule has 0 aromatic heterocycles. The van der Waals surface area contributed by atoms with Crippen LogP contribution in [0.15, 0.2) is 48.5 Å². The maximum Gasteiger partial charge on any atom is 0.242 e. The van der Waals surface area contributed by atoms with Crippen molar-refractivity contribution < 1.29 is 19.1 Å². The normalized spacial score (nSPS) is 11.5. The summed E-state index contributed by atoms with van der Waals surface area (Å²) >= 11 is 5.89. The van der Waals surface area contributed by atoms with Gasteiger partial charge in [0.05, 0.1) is 13.7 Å². The van der Waals surface area contributed by atoms with Gasteiger partial charge in [-0.15, -0.1) is 0 Å². The number of nitrogens with zero attached hydrogens (tertiary/aromatic N) is 1. The summed E-state index contributed by atoms with van der Waals surface area (Å²) < 4.78 is 10.9. The molecule has 0 bridgehead atoms. The minimum Gasteiger partial charge on any atom is -0.497 e. The van der Waals surface area contributed by atoms with E-state index in [2.05, 4.69) is 5.32 Å². The number of carbonyl (C=O) groups excluding carboxylic acids is 2. The third kappa shape index (κ3) is 8.08. The van der Waals surface area contributed by atoms with Crippen molar-refractivity contribution in [1.82, 2.24) is 10.2 Å². The predicted molar refractivity (Wildman–Crippen MR) is 127 cm³/mol. The summed E-state index contributed by atoms with van der Waals surface area (Å²) in [6.45, 7) is 5.28. The van der Waals surface area contributed by atoms with Crippen LogP contribution in [-0.4, -0.2) is 43.0 Å². The molecule has 1 N–H and O–H groups in total. The summed E-state index contributed by atoms with van der Waals surface area (Å²) in [7, 11) is 1.61. The van der Waals surface area contributed by atoms with Crippen LogP contribution in [0.2, 0.25) is 5.02 Å². The van der Waals surface area contributed by atoms with Crippen molar-refractivity contribution in [3.05, 3.63) is 59.1 Å². The fourth-order valence-electron chi connectivity index (χ4n) is 3.30. The van der Waals surface area contributed by atoms with Crippen LogP contribution < -0.4 is 14.8 Å². The van der Waals surface area contributed by atoms with Crippen molar-refractivity contribution >= 4 is 23.4 Å². The molecular weight excluding hydrogens is 428 g/mol. The molecule has 0 radical (unpaired) electrons. The molecule has 0 saturated heterocycles. The quantitative estimate of drug-likeness (QED) is 0.434. The van der Waals surface area contributed by atoms with Gasteiger partial charge in [-0.1, -0.05) is 37.6 Å². The fraction of sp³-hybridized carbons (Fsp3) is 0.440. The number of amides is 2. The standard InChI is InChI=1S/C25H33ClN2O4/c1-4-16-27-25(30)23(5-2)28(18-19-8-12-21(31-3)13-9-19)24(29)7-6-17-32-22-14-10-20(26)11-15-22/h8-15,23H,4-7,16-18H2,1-3H3,(H,27,30)/t23-/m1/s1. The van der Waals surface area contributed by atoms with Gasteiger partial charge in [0, 0.05) is 24.5 Å². The van der Waals surface area contributed by atoms with Crippen molar-refractivity contribution in [3.63, 3.8) is 0 Å². The number of rotatable bonds is 13. The minimum atomic E-state index is -0.520. The maximum absolute atomic E-state index is 13.2. The Morgan fingerprint density at radius 1 is 1.03 bits per heavy atom. The summed E-state index contributed by atoms with van der Waals surface area (Å²) in [4.78, 5) is 27.6. The van der Waals surface area contributed by atoms with Gasteiger partial charge in [0.15, 0.2) is 0 Å². The Balaban J connectivity index is 2.04. The lowest BCUT2D eigenvalue weighted by Crippen LogP contribution is -2.49. The van der Waals surface area contributed by atoms with Crippen LogP contribution in [0.4, 0.5) is 0 Å². The van der Waals surface area contributed by atoms with Crippen LogP contribution in [0.5, 0.6) is 11.5 Å². The van der Waals surface area contributed by atoms with Gasteiger partial charge in [-0.05, 0) is 61.2 Å². The molecule has 2 aromatic carbocycles. The van der Waals surface area contributed by atoms with E-state index in [1.54, 1.807) is 36.3 Å². The molecule has 2 rings (SSSR count). The first kappa shape index (κ1) is 25.5. The molecule has 7 heteroatoms. The minimum absolute atomic E-state index is 0.0703. The highest BCUT2D eigenvalue weighted by atomic mass is 35.5. The molecule has 0 saturated carbocycles. The Morgan fingerprint density at radius 3 is 2.28 bits per heavy atom. The van der Waals surface area contributed by atoms with Crippen LogP contribution in [-0.2, 0) is 16.1 Å². The maximum atomic E-state index is 13.2. The Labute approximate surface area is 195 Å². The molecule has 6 nitrogen and oxygen atoms in total. The molecular formula is C25H33ClN2O4. The second kappa shape index (κ2) is 13.6. The molecule has 0 unspecified atom stereocenters. The number of methoxy groups -OCH3 is 1. The second-order valence-electron chi connectivity index (χ2n) is 7.49. The zero-order chi connectivity index (χ0) is 23.3. The first-order chi connectivity index (χ1) is 15.5. The van der Waals surface area contributed by atoms with Gasteiger partial charge in [-0.3, -0.25) is 9.59 Å².